The molecule has 10 heteroatoms. The summed E-state index contributed by atoms with van der Waals surface area (Å²) >= 11 is 5.87. The van der Waals surface area contributed by atoms with Gasteiger partial charge in [-0.05, 0) is 55.0 Å². The molecule has 0 bridgehead atoms. The Morgan fingerprint density at radius 3 is 2.27 bits per heavy atom. The van der Waals surface area contributed by atoms with Crippen molar-refractivity contribution >= 4 is 33.3 Å². The second-order valence-corrected chi connectivity index (χ2v) is 8.85. The van der Waals surface area contributed by atoms with E-state index in [2.05, 4.69) is 5.32 Å². The van der Waals surface area contributed by atoms with Gasteiger partial charge in [0.2, 0.25) is 0 Å². The molecule has 2 aromatic carbocycles. The number of nitrogens with one attached hydrogen (secondary N) is 1. The van der Waals surface area contributed by atoms with Gasteiger partial charge in [0.15, 0.2) is 0 Å². The zero-order valence-corrected chi connectivity index (χ0v) is 18.2. The van der Waals surface area contributed by atoms with Crippen molar-refractivity contribution in [1.29, 1.82) is 0 Å². The average Bonchev–Trinajstić information content (AvgIpc) is 2.72. The number of ether oxygens (including phenoxy) is 1. The van der Waals surface area contributed by atoms with E-state index in [1.807, 2.05) is 0 Å². The van der Waals surface area contributed by atoms with Gasteiger partial charge in [-0.15, -0.1) is 0 Å². The molecule has 2 aromatic rings. The first-order valence-electron chi connectivity index (χ1n) is 9.25. The number of rotatable bonds is 11. The number of halogens is 1. The van der Waals surface area contributed by atoms with Crippen LogP contribution >= 0.6 is 11.6 Å². The number of carboxylic acids is 1. The lowest BCUT2D eigenvalue weighted by Crippen LogP contribution is -2.45. The SMILES string of the molecule is CC[C@@H](NC[C@H](O)CN(c1ccc(OC)cc1)S(=O)(=O)c1ccc(Cl)cc1)C(=O)O. The number of aliphatic hydroxyl groups is 1. The van der Waals surface area contributed by atoms with E-state index < -0.39 is 28.1 Å². The molecular weight excluding hydrogens is 432 g/mol. The largest absolute Gasteiger partial charge is 0.497 e. The lowest BCUT2D eigenvalue weighted by molar-refractivity contribution is -0.139. The number of methoxy groups -OCH3 is 1. The van der Waals surface area contributed by atoms with Crippen molar-refractivity contribution in [3.8, 4) is 5.75 Å². The molecule has 0 aliphatic carbocycles. The predicted molar refractivity (Wildman–Crippen MR) is 115 cm³/mol. The third kappa shape index (κ3) is 6.09. The van der Waals surface area contributed by atoms with Gasteiger partial charge in [0, 0.05) is 11.6 Å². The summed E-state index contributed by atoms with van der Waals surface area (Å²) in [5.41, 5.74) is 0.329. The van der Waals surface area contributed by atoms with E-state index in [1.54, 1.807) is 31.2 Å². The van der Waals surface area contributed by atoms with Gasteiger partial charge >= 0.3 is 5.97 Å². The molecule has 0 spiro atoms. The molecule has 0 aromatic heterocycles. The molecule has 0 aliphatic rings. The smallest absolute Gasteiger partial charge is 0.320 e. The van der Waals surface area contributed by atoms with E-state index >= 15 is 0 Å². The van der Waals surface area contributed by atoms with Crippen LogP contribution in [0.4, 0.5) is 5.69 Å². The number of aliphatic hydroxyl groups excluding tert-OH is 1. The van der Waals surface area contributed by atoms with Crippen LogP contribution in [0.1, 0.15) is 13.3 Å². The Kier molecular flexibility index (Phi) is 8.48. The van der Waals surface area contributed by atoms with Crippen LogP contribution in [0.5, 0.6) is 5.75 Å². The number of nitrogens with zero attached hydrogens (tertiary/aromatic N) is 1. The van der Waals surface area contributed by atoms with E-state index in [0.29, 0.717) is 22.9 Å². The fourth-order valence-corrected chi connectivity index (χ4v) is 4.39. The highest BCUT2D eigenvalue weighted by Gasteiger charge is 2.28. The molecule has 0 heterocycles. The second-order valence-electron chi connectivity index (χ2n) is 6.55. The van der Waals surface area contributed by atoms with Crippen LogP contribution in [0.2, 0.25) is 5.02 Å². The van der Waals surface area contributed by atoms with E-state index in [0.717, 1.165) is 4.31 Å². The normalized spacial score (nSPS) is 13.5. The van der Waals surface area contributed by atoms with Crippen molar-refractivity contribution in [2.45, 2.75) is 30.4 Å². The number of aliphatic carboxylic acids is 1. The summed E-state index contributed by atoms with van der Waals surface area (Å²) in [6.45, 7) is 1.33. The Balaban J connectivity index is 2.31. The molecule has 0 unspecified atom stereocenters. The van der Waals surface area contributed by atoms with Gasteiger partial charge in [0.1, 0.15) is 11.8 Å². The Bertz CT molecular complexity index is 935. The third-order valence-corrected chi connectivity index (χ3v) is 6.50. The third-order valence-electron chi connectivity index (χ3n) is 4.44. The quantitative estimate of drug-likeness (QED) is 0.475. The van der Waals surface area contributed by atoms with Gasteiger partial charge in [-0.3, -0.25) is 9.10 Å². The summed E-state index contributed by atoms with van der Waals surface area (Å²) in [5, 5.41) is 22.7. The molecule has 164 valence electrons. The highest BCUT2D eigenvalue weighted by atomic mass is 35.5. The van der Waals surface area contributed by atoms with Crippen LogP contribution in [0, 0.1) is 0 Å². The maximum Gasteiger partial charge on any atom is 0.320 e. The van der Waals surface area contributed by atoms with E-state index in [9.17, 15) is 18.3 Å². The number of anilines is 1. The number of carboxylic acid groups (broad SMARTS) is 1. The molecule has 0 saturated heterocycles. The molecule has 0 saturated carbocycles. The van der Waals surface area contributed by atoms with E-state index in [1.165, 1.54) is 31.4 Å². The minimum atomic E-state index is -4.02. The lowest BCUT2D eigenvalue weighted by Gasteiger charge is -2.27. The summed E-state index contributed by atoms with van der Waals surface area (Å²) in [7, 11) is -2.52. The van der Waals surface area contributed by atoms with Crippen molar-refractivity contribution in [2.75, 3.05) is 24.5 Å². The minimum Gasteiger partial charge on any atom is -0.497 e. The minimum absolute atomic E-state index is 0.0137. The first-order valence-corrected chi connectivity index (χ1v) is 11.1. The maximum atomic E-state index is 13.3. The molecular formula is C20H25ClN2O6S. The first-order chi connectivity index (χ1) is 14.2. The number of sulfonamides is 1. The molecule has 8 nitrogen and oxygen atoms in total. The van der Waals surface area contributed by atoms with Crippen molar-refractivity contribution in [3.05, 3.63) is 53.6 Å². The van der Waals surface area contributed by atoms with Crippen LogP contribution in [-0.2, 0) is 14.8 Å². The van der Waals surface area contributed by atoms with Crippen LogP contribution < -0.4 is 14.4 Å². The molecule has 0 radical (unpaired) electrons. The van der Waals surface area contributed by atoms with Crippen LogP contribution in [-0.4, -0.2) is 56.9 Å². The number of benzene rings is 2. The highest BCUT2D eigenvalue weighted by molar-refractivity contribution is 7.92. The predicted octanol–water partition coefficient (Wildman–Crippen LogP) is 2.36. The summed E-state index contributed by atoms with van der Waals surface area (Å²) in [5.74, 6) is -0.484. The van der Waals surface area contributed by atoms with Crippen molar-refractivity contribution in [3.63, 3.8) is 0 Å². The zero-order chi connectivity index (χ0) is 22.3. The lowest BCUT2D eigenvalue weighted by atomic mass is 10.2. The topological polar surface area (TPSA) is 116 Å². The summed E-state index contributed by atoms with van der Waals surface area (Å²) in [6.07, 6.45) is -0.824. The fourth-order valence-electron chi connectivity index (χ4n) is 2.77. The molecule has 0 aliphatic heterocycles. The molecule has 30 heavy (non-hydrogen) atoms. The Morgan fingerprint density at radius 1 is 1.17 bits per heavy atom. The first kappa shape index (κ1) is 23.9. The summed E-state index contributed by atoms with van der Waals surface area (Å²) in [4.78, 5) is 11.2. The van der Waals surface area contributed by atoms with Gasteiger partial charge in [-0.1, -0.05) is 18.5 Å². The number of hydrogen-bond acceptors (Lipinski definition) is 6. The van der Waals surface area contributed by atoms with Gasteiger partial charge in [-0.25, -0.2) is 8.42 Å². The van der Waals surface area contributed by atoms with Gasteiger partial charge < -0.3 is 20.3 Å². The van der Waals surface area contributed by atoms with E-state index in [-0.39, 0.29) is 18.0 Å². The van der Waals surface area contributed by atoms with E-state index in [4.69, 9.17) is 21.4 Å². The van der Waals surface area contributed by atoms with Crippen LogP contribution in [0.15, 0.2) is 53.4 Å². The molecule has 3 N–H and O–H groups in total. The zero-order valence-electron chi connectivity index (χ0n) is 16.7. The van der Waals surface area contributed by atoms with Crippen molar-refractivity contribution in [1.82, 2.24) is 5.32 Å². The Hall–Kier alpha value is -2.33. The summed E-state index contributed by atoms with van der Waals surface area (Å²) < 4.78 is 32.7. The van der Waals surface area contributed by atoms with Crippen LogP contribution in [0.3, 0.4) is 0 Å². The number of carbonyl (C=O) groups is 1. The van der Waals surface area contributed by atoms with Gasteiger partial charge in [0.25, 0.3) is 10.0 Å². The molecule has 2 atom stereocenters. The Morgan fingerprint density at radius 2 is 1.77 bits per heavy atom. The fraction of sp³-hybridized carbons (Fsp3) is 0.350. The molecule has 2 rings (SSSR count). The average molecular weight is 457 g/mol. The second kappa shape index (κ2) is 10.6. The molecule has 0 amide bonds. The van der Waals surface area contributed by atoms with Crippen molar-refractivity contribution in [2.24, 2.45) is 0 Å². The summed E-state index contributed by atoms with van der Waals surface area (Å²) in [6, 6.07) is 11.2. The van der Waals surface area contributed by atoms with Crippen LogP contribution in [0.25, 0.3) is 0 Å². The monoisotopic (exact) mass is 456 g/mol. The standard InChI is InChI=1S/C20H25ClN2O6S/c1-3-19(20(25)26)22-12-16(24)13-23(15-6-8-17(29-2)9-7-15)30(27,28)18-10-4-14(21)5-11-18/h4-11,16,19,22,24H,3,12-13H2,1-2H3,(H,25,26)/t16-,19+/m0/s1. The Labute approximate surface area is 181 Å². The maximum absolute atomic E-state index is 13.3. The van der Waals surface area contributed by atoms with Crippen molar-refractivity contribution < 1.29 is 28.2 Å². The molecule has 0 fully saturated rings. The highest BCUT2D eigenvalue weighted by Crippen LogP contribution is 2.27. The van der Waals surface area contributed by atoms with Gasteiger partial charge in [0.05, 0.1) is 30.3 Å². The van der Waals surface area contributed by atoms with Gasteiger partial charge in [-0.2, -0.15) is 0 Å². The number of hydrogen-bond donors (Lipinski definition) is 3.